The van der Waals surface area contributed by atoms with Crippen LogP contribution in [0.25, 0.3) is 0 Å². The molecule has 6 heteroatoms. The molecule has 3 N–H and O–H groups in total. The van der Waals surface area contributed by atoms with Crippen LogP contribution < -0.4 is 20.5 Å². The molecule has 0 spiro atoms. The largest absolute Gasteiger partial charge is 0.497 e. The van der Waals surface area contributed by atoms with E-state index < -0.39 is 0 Å². The van der Waals surface area contributed by atoms with Crippen molar-refractivity contribution in [2.45, 2.75) is 19.4 Å². The smallest absolute Gasteiger partial charge is 0.224 e. The van der Waals surface area contributed by atoms with Gasteiger partial charge in [0.25, 0.3) is 0 Å². The van der Waals surface area contributed by atoms with Crippen LogP contribution in [0.1, 0.15) is 18.4 Å². The van der Waals surface area contributed by atoms with Gasteiger partial charge >= 0.3 is 0 Å². The van der Waals surface area contributed by atoms with Crippen LogP contribution in [0.2, 0.25) is 0 Å². The second kappa shape index (κ2) is 8.74. The van der Waals surface area contributed by atoms with E-state index in [2.05, 4.69) is 10.2 Å². The maximum atomic E-state index is 12.1. The highest BCUT2D eigenvalue weighted by Crippen LogP contribution is 2.27. The van der Waals surface area contributed by atoms with Gasteiger partial charge in [-0.25, -0.2) is 0 Å². The Morgan fingerprint density at radius 3 is 2.91 bits per heavy atom. The molecule has 1 unspecified atom stereocenters. The first-order valence-corrected chi connectivity index (χ1v) is 8.09. The predicted molar refractivity (Wildman–Crippen MR) is 89.6 cm³/mol. The van der Waals surface area contributed by atoms with E-state index >= 15 is 0 Å². The standard InChI is InChI=1S/C17H27N3O3/c1-22-15-6-5-13(16(10-15)23-2)11-20-9-3-4-14(12-20)17(21)19-8-7-18/h5-6,10,14H,3-4,7-9,11-12,18H2,1-2H3,(H,19,21). The van der Waals surface area contributed by atoms with E-state index in [0.29, 0.717) is 13.1 Å². The molecule has 0 radical (unpaired) electrons. The predicted octanol–water partition coefficient (Wildman–Crippen LogP) is 0.991. The summed E-state index contributed by atoms with van der Waals surface area (Å²) in [4.78, 5) is 14.4. The third kappa shape index (κ3) is 4.84. The number of nitrogens with zero attached hydrogens (tertiary/aromatic N) is 1. The zero-order valence-electron chi connectivity index (χ0n) is 14.0. The summed E-state index contributed by atoms with van der Waals surface area (Å²) >= 11 is 0. The van der Waals surface area contributed by atoms with Crippen molar-refractivity contribution in [3.05, 3.63) is 23.8 Å². The summed E-state index contributed by atoms with van der Waals surface area (Å²) in [6.45, 7) is 3.56. The Morgan fingerprint density at radius 1 is 1.39 bits per heavy atom. The van der Waals surface area contributed by atoms with E-state index in [-0.39, 0.29) is 11.8 Å². The summed E-state index contributed by atoms with van der Waals surface area (Å²) in [6, 6.07) is 5.85. The highest BCUT2D eigenvalue weighted by atomic mass is 16.5. The van der Waals surface area contributed by atoms with Crippen molar-refractivity contribution in [3.63, 3.8) is 0 Å². The number of hydrogen-bond donors (Lipinski definition) is 2. The Kier molecular flexibility index (Phi) is 6.67. The lowest BCUT2D eigenvalue weighted by atomic mass is 9.96. The van der Waals surface area contributed by atoms with E-state index in [1.54, 1.807) is 14.2 Å². The molecule has 1 aliphatic heterocycles. The van der Waals surface area contributed by atoms with Crippen molar-refractivity contribution >= 4 is 5.91 Å². The quantitative estimate of drug-likeness (QED) is 0.783. The number of nitrogens with two attached hydrogens (primary N) is 1. The van der Waals surface area contributed by atoms with Crippen LogP contribution in [-0.2, 0) is 11.3 Å². The van der Waals surface area contributed by atoms with Gasteiger partial charge in [0.1, 0.15) is 11.5 Å². The first-order chi connectivity index (χ1) is 11.2. The molecule has 0 aliphatic carbocycles. The number of ether oxygens (including phenoxy) is 2. The molecule has 1 amide bonds. The number of nitrogens with one attached hydrogen (secondary N) is 1. The van der Waals surface area contributed by atoms with Gasteiger partial charge < -0.3 is 20.5 Å². The highest BCUT2D eigenvalue weighted by Gasteiger charge is 2.26. The number of hydrogen-bond acceptors (Lipinski definition) is 5. The molecule has 1 aliphatic rings. The summed E-state index contributed by atoms with van der Waals surface area (Å²) in [5.41, 5.74) is 6.55. The monoisotopic (exact) mass is 321 g/mol. The highest BCUT2D eigenvalue weighted by molar-refractivity contribution is 5.78. The summed E-state index contributed by atoms with van der Waals surface area (Å²) in [5, 5.41) is 2.89. The van der Waals surface area contributed by atoms with Crippen LogP contribution in [0.4, 0.5) is 0 Å². The fraction of sp³-hybridized carbons (Fsp3) is 0.588. The molecular formula is C17H27N3O3. The van der Waals surface area contributed by atoms with Crippen LogP contribution in [0.3, 0.4) is 0 Å². The maximum Gasteiger partial charge on any atom is 0.224 e. The number of benzene rings is 1. The van der Waals surface area contributed by atoms with Gasteiger partial charge in [-0.2, -0.15) is 0 Å². The Labute approximate surface area is 137 Å². The molecule has 1 aromatic carbocycles. The molecule has 1 saturated heterocycles. The van der Waals surface area contributed by atoms with Crippen molar-refractivity contribution < 1.29 is 14.3 Å². The maximum absolute atomic E-state index is 12.1. The minimum atomic E-state index is 0.0412. The normalized spacial score (nSPS) is 18.5. The molecule has 1 heterocycles. The molecule has 2 rings (SSSR count). The van der Waals surface area contributed by atoms with E-state index in [1.165, 1.54) is 0 Å². The van der Waals surface area contributed by atoms with Gasteiger partial charge in [-0.15, -0.1) is 0 Å². The van der Waals surface area contributed by atoms with Crippen molar-refractivity contribution in [3.8, 4) is 11.5 Å². The van der Waals surface area contributed by atoms with E-state index in [4.69, 9.17) is 15.2 Å². The molecule has 23 heavy (non-hydrogen) atoms. The van der Waals surface area contributed by atoms with Gasteiger partial charge in [0, 0.05) is 37.8 Å². The zero-order chi connectivity index (χ0) is 16.7. The first kappa shape index (κ1) is 17.6. The molecular weight excluding hydrogens is 294 g/mol. The van der Waals surface area contributed by atoms with Crippen LogP contribution in [-0.4, -0.2) is 51.2 Å². The Hall–Kier alpha value is -1.79. The molecule has 0 aromatic heterocycles. The molecule has 1 fully saturated rings. The summed E-state index contributed by atoms with van der Waals surface area (Å²) < 4.78 is 10.7. The summed E-state index contributed by atoms with van der Waals surface area (Å²) in [7, 11) is 3.31. The lowest BCUT2D eigenvalue weighted by Crippen LogP contribution is -2.43. The number of carbonyl (C=O) groups excluding carboxylic acids is 1. The number of likely N-dealkylation sites (tertiary alicyclic amines) is 1. The second-order valence-electron chi connectivity index (χ2n) is 5.83. The Morgan fingerprint density at radius 2 is 2.22 bits per heavy atom. The lowest BCUT2D eigenvalue weighted by molar-refractivity contribution is -0.126. The third-order valence-electron chi connectivity index (χ3n) is 4.21. The summed E-state index contributed by atoms with van der Waals surface area (Å²) in [6.07, 6.45) is 1.96. The topological polar surface area (TPSA) is 76.8 Å². The molecule has 1 atom stereocenters. The van der Waals surface area contributed by atoms with Gasteiger partial charge in [0.05, 0.1) is 20.1 Å². The van der Waals surface area contributed by atoms with E-state index in [0.717, 1.165) is 49.5 Å². The molecule has 0 bridgehead atoms. The lowest BCUT2D eigenvalue weighted by Gasteiger charge is -2.32. The third-order valence-corrected chi connectivity index (χ3v) is 4.21. The number of piperidine rings is 1. The van der Waals surface area contributed by atoms with E-state index in [9.17, 15) is 4.79 Å². The molecule has 0 saturated carbocycles. The average molecular weight is 321 g/mol. The fourth-order valence-electron chi connectivity index (χ4n) is 2.98. The number of rotatable bonds is 7. The number of methoxy groups -OCH3 is 2. The Balaban J connectivity index is 1.98. The minimum Gasteiger partial charge on any atom is -0.497 e. The average Bonchev–Trinajstić information content (AvgIpc) is 2.60. The molecule has 128 valence electrons. The minimum absolute atomic E-state index is 0.0412. The van der Waals surface area contributed by atoms with Gasteiger partial charge in [-0.3, -0.25) is 9.69 Å². The van der Waals surface area contributed by atoms with Crippen LogP contribution in [0.15, 0.2) is 18.2 Å². The van der Waals surface area contributed by atoms with Crippen molar-refractivity contribution in [2.24, 2.45) is 11.7 Å². The summed E-state index contributed by atoms with van der Waals surface area (Å²) in [5.74, 6) is 1.75. The van der Waals surface area contributed by atoms with Crippen LogP contribution >= 0.6 is 0 Å². The van der Waals surface area contributed by atoms with Crippen LogP contribution in [0, 0.1) is 5.92 Å². The number of amides is 1. The van der Waals surface area contributed by atoms with E-state index in [1.807, 2.05) is 18.2 Å². The SMILES string of the molecule is COc1ccc(CN2CCCC(C(=O)NCCN)C2)c(OC)c1. The van der Waals surface area contributed by atoms with Crippen molar-refractivity contribution in [1.29, 1.82) is 0 Å². The number of carbonyl (C=O) groups is 1. The van der Waals surface area contributed by atoms with Crippen LogP contribution in [0.5, 0.6) is 11.5 Å². The fourth-order valence-corrected chi connectivity index (χ4v) is 2.98. The van der Waals surface area contributed by atoms with Crippen molar-refractivity contribution in [2.75, 3.05) is 40.4 Å². The van der Waals surface area contributed by atoms with Gasteiger partial charge in [-0.1, -0.05) is 6.07 Å². The zero-order valence-corrected chi connectivity index (χ0v) is 14.0. The van der Waals surface area contributed by atoms with Gasteiger partial charge in [0.2, 0.25) is 5.91 Å². The first-order valence-electron chi connectivity index (χ1n) is 8.09. The molecule has 6 nitrogen and oxygen atoms in total. The molecule has 1 aromatic rings. The Bertz CT molecular complexity index is 522. The van der Waals surface area contributed by atoms with Gasteiger partial charge in [-0.05, 0) is 25.5 Å². The van der Waals surface area contributed by atoms with Gasteiger partial charge in [0.15, 0.2) is 0 Å². The van der Waals surface area contributed by atoms with Crippen molar-refractivity contribution in [1.82, 2.24) is 10.2 Å². The second-order valence-corrected chi connectivity index (χ2v) is 5.83.